The van der Waals surface area contributed by atoms with Crippen LogP contribution >= 0.6 is 0 Å². The van der Waals surface area contributed by atoms with E-state index in [0.717, 1.165) is 25.7 Å². The maximum absolute atomic E-state index is 13.8. The van der Waals surface area contributed by atoms with Gasteiger partial charge in [0, 0.05) is 25.0 Å². The van der Waals surface area contributed by atoms with Gasteiger partial charge in [-0.1, -0.05) is 34.6 Å². The third-order valence-corrected chi connectivity index (χ3v) is 9.39. The van der Waals surface area contributed by atoms with Gasteiger partial charge in [-0.2, -0.15) is 0 Å². The lowest BCUT2D eigenvalue weighted by atomic mass is 9.44. The van der Waals surface area contributed by atoms with E-state index in [1.54, 1.807) is 4.90 Å². The van der Waals surface area contributed by atoms with Gasteiger partial charge in [0.05, 0.1) is 5.92 Å². The second kappa shape index (κ2) is 7.67. The predicted molar refractivity (Wildman–Crippen MR) is 125 cm³/mol. The summed E-state index contributed by atoms with van der Waals surface area (Å²) >= 11 is 0. The van der Waals surface area contributed by atoms with Crippen LogP contribution < -0.4 is 21.5 Å². The Hall–Kier alpha value is -2.16. The molecule has 2 saturated heterocycles. The van der Waals surface area contributed by atoms with Crippen LogP contribution in [0.3, 0.4) is 0 Å². The van der Waals surface area contributed by atoms with Gasteiger partial charge in [0.25, 0.3) is 5.91 Å². The van der Waals surface area contributed by atoms with Crippen LogP contribution in [0, 0.1) is 39.9 Å². The van der Waals surface area contributed by atoms with Crippen molar-refractivity contribution in [3.05, 3.63) is 0 Å². The maximum Gasteiger partial charge on any atom is 0.257 e. The van der Waals surface area contributed by atoms with Crippen LogP contribution in [-0.4, -0.2) is 60.2 Å². The second-order valence-corrected chi connectivity index (χ2v) is 13.1. The summed E-state index contributed by atoms with van der Waals surface area (Å²) in [4.78, 5) is 53.7. The smallest absolute Gasteiger partial charge is 0.257 e. The van der Waals surface area contributed by atoms with Crippen molar-refractivity contribution in [3.8, 4) is 0 Å². The number of carbonyl (C=O) groups is 4. The van der Waals surface area contributed by atoms with Crippen molar-refractivity contribution in [1.82, 2.24) is 26.4 Å². The Bertz CT molecular complexity index is 908. The first kappa shape index (κ1) is 23.6. The van der Waals surface area contributed by atoms with Crippen LogP contribution in [0.5, 0.6) is 0 Å². The van der Waals surface area contributed by atoms with E-state index in [1.165, 1.54) is 0 Å². The normalized spacial score (nSPS) is 37.6. The molecule has 2 bridgehead atoms. The van der Waals surface area contributed by atoms with E-state index >= 15 is 0 Å². The molecule has 4 aliphatic carbocycles. The predicted octanol–water partition coefficient (Wildman–Crippen LogP) is 0.557. The summed E-state index contributed by atoms with van der Waals surface area (Å²) < 4.78 is 0. The summed E-state index contributed by atoms with van der Waals surface area (Å²) in [5.74, 6) is 0.431. The zero-order valence-electron chi connectivity index (χ0n) is 21.0. The fourth-order valence-electron chi connectivity index (χ4n) is 6.84. The topological polar surface area (TPSA) is 120 Å². The molecule has 2 heterocycles. The summed E-state index contributed by atoms with van der Waals surface area (Å²) in [6.45, 7) is 11.7. The molecule has 1 unspecified atom stereocenters. The van der Waals surface area contributed by atoms with Crippen LogP contribution in [0.2, 0.25) is 0 Å². The number of nitrogens with one attached hydrogen (secondary N) is 4. The second-order valence-electron chi connectivity index (χ2n) is 13.1. The van der Waals surface area contributed by atoms with Crippen molar-refractivity contribution in [2.24, 2.45) is 39.9 Å². The molecule has 0 aromatic rings. The van der Waals surface area contributed by atoms with E-state index in [-0.39, 0.29) is 52.2 Å². The van der Waals surface area contributed by atoms with Crippen molar-refractivity contribution >= 4 is 23.6 Å². The Labute approximate surface area is 201 Å². The van der Waals surface area contributed by atoms with Crippen LogP contribution in [0.1, 0.15) is 60.3 Å². The summed E-state index contributed by atoms with van der Waals surface area (Å²) in [5, 5.41) is 5.88. The molecule has 0 spiro atoms. The Kier molecular flexibility index (Phi) is 5.32. The average molecular weight is 474 g/mol. The van der Waals surface area contributed by atoms with Gasteiger partial charge < -0.3 is 15.5 Å². The van der Waals surface area contributed by atoms with Crippen molar-refractivity contribution < 1.29 is 19.2 Å². The van der Waals surface area contributed by atoms with E-state index in [4.69, 9.17) is 0 Å². The van der Waals surface area contributed by atoms with Gasteiger partial charge >= 0.3 is 0 Å². The van der Waals surface area contributed by atoms with Gasteiger partial charge in [-0.25, -0.2) is 5.43 Å². The standard InChI is InChI=1S/C25H39N5O4/c1-23(2,3)18(28-22(34)25-8-13(9-25)10-25)21(33)30-12-15-16(24(15,4)5)17(30)20(32)29-27-11-14-6-7-26-19(14)31/h13-18,27H,6-12H2,1-5H3,(H,26,31)(H,28,34)(H,29,32)/t13?,14-,15-,16-,17-,18?,25?/m0/s1. The van der Waals surface area contributed by atoms with E-state index in [2.05, 4.69) is 35.3 Å². The molecule has 9 nitrogen and oxygen atoms in total. The summed E-state index contributed by atoms with van der Waals surface area (Å²) in [5.41, 5.74) is 4.94. The quantitative estimate of drug-likeness (QED) is 0.403. The van der Waals surface area contributed by atoms with Crippen molar-refractivity contribution in [3.63, 3.8) is 0 Å². The fourth-order valence-corrected chi connectivity index (χ4v) is 6.84. The van der Waals surface area contributed by atoms with Gasteiger partial charge in [-0.3, -0.25) is 24.6 Å². The lowest BCUT2D eigenvalue weighted by Gasteiger charge is -2.60. The largest absolute Gasteiger partial charge is 0.356 e. The molecule has 6 aliphatic rings. The molecule has 5 atom stereocenters. The molecular weight excluding hydrogens is 434 g/mol. The molecule has 0 aromatic heterocycles. The first-order valence-corrected chi connectivity index (χ1v) is 12.8. The molecule has 0 radical (unpaired) electrons. The highest BCUT2D eigenvalue weighted by Crippen LogP contribution is 2.65. The number of rotatable bonds is 7. The Morgan fingerprint density at radius 1 is 1.18 bits per heavy atom. The third-order valence-electron chi connectivity index (χ3n) is 9.39. The van der Waals surface area contributed by atoms with Gasteiger partial charge in [0.1, 0.15) is 12.1 Å². The lowest BCUT2D eigenvalue weighted by Crippen LogP contribution is -2.66. The molecule has 9 heteroatoms. The molecule has 188 valence electrons. The number of hydrogen-bond donors (Lipinski definition) is 4. The van der Waals surface area contributed by atoms with Crippen LogP contribution in [-0.2, 0) is 19.2 Å². The number of hydrogen-bond acceptors (Lipinski definition) is 5. The minimum Gasteiger partial charge on any atom is -0.356 e. The molecular formula is C25H39N5O4. The highest BCUT2D eigenvalue weighted by atomic mass is 16.2. The van der Waals surface area contributed by atoms with E-state index in [1.807, 2.05) is 20.8 Å². The minimum absolute atomic E-state index is 0.00353. The van der Waals surface area contributed by atoms with Gasteiger partial charge in [-0.15, -0.1) is 0 Å². The van der Waals surface area contributed by atoms with Crippen molar-refractivity contribution in [1.29, 1.82) is 0 Å². The fraction of sp³-hybridized carbons (Fsp3) is 0.840. The van der Waals surface area contributed by atoms with E-state index in [9.17, 15) is 19.2 Å². The SMILES string of the molecule is CC(C)(C)C(NC(=O)C12CC(C1)C2)C(=O)N1C[C@H]2[C@@H]([C@H]1C(=O)NNC[C@@H]1CCNC1=O)C2(C)C. The first-order valence-electron chi connectivity index (χ1n) is 12.8. The van der Waals surface area contributed by atoms with Crippen LogP contribution in [0.25, 0.3) is 0 Å². The molecule has 6 rings (SSSR count). The number of amides is 4. The summed E-state index contributed by atoms with van der Waals surface area (Å²) in [6.07, 6.45) is 3.54. The Morgan fingerprint density at radius 3 is 2.38 bits per heavy atom. The molecule has 34 heavy (non-hydrogen) atoms. The zero-order valence-corrected chi connectivity index (χ0v) is 21.0. The highest BCUT2D eigenvalue weighted by Gasteiger charge is 2.70. The number of hydrazine groups is 1. The van der Waals surface area contributed by atoms with Gasteiger partial charge in [-0.05, 0) is 54.3 Å². The number of nitrogens with zero attached hydrogens (tertiary/aromatic N) is 1. The molecule has 4 N–H and O–H groups in total. The zero-order chi connectivity index (χ0) is 24.6. The minimum atomic E-state index is -0.680. The maximum atomic E-state index is 13.8. The number of piperidine rings is 1. The number of likely N-dealkylation sites (tertiary alicyclic amines) is 1. The number of carbonyl (C=O) groups excluding carboxylic acids is 4. The van der Waals surface area contributed by atoms with Gasteiger partial charge in [0.15, 0.2) is 0 Å². The first-order chi connectivity index (χ1) is 15.8. The van der Waals surface area contributed by atoms with Crippen LogP contribution in [0.15, 0.2) is 0 Å². The molecule has 0 aromatic carbocycles. The third kappa shape index (κ3) is 3.62. The van der Waals surface area contributed by atoms with Crippen LogP contribution in [0.4, 0.5) is 0 Å². The Morgan fingerprint density at radius 2 is 1.85 bits per heavy atom. The van der Waals surface area contributed by atoms with E-state index in [0.29, 0.717) is 25.6 Å². The summed E-state index contributed by atoms with van der Waals surface area (Å²) in [6, 6.07) is -1.27. The van der Waals surface area contributed by atoms with Crippen molar-refractivity contribution in [2.45, 2.75) is 72.4 Å². The lowest BCUT2D eigenvalue weighted by molar-refractivity contribution is -0.168. The summed E-state index contributed by atoms with van der Waals surface area (Å²) in [7, 11) is 0. The number of fused-ring (bicyclic) bond motifs is 1. The highest BCUT2D eigenvalue weighted by molar-refractivity contribution is 5.95. The van der Waals surface area contributed by atoms with Gasteiger partial charge in [0.2, 0.25) is 17.7 Å². The monoisotopic (exact) mass is 473 g/mol. The molecule has 6 fully saturated rings. The van der Waals surface area contributed by atoms with Crippen molar-refractivity contribution in [2.75, 3.05) is 19.6 Å². The average Bonchev–Trinajstić information content (AvgIpc) is 3.04. The van der Waals surface area contributed by atoms with E-state index < -0.39 is 17.5 Å². The molecule has 4 amide bonds. The Balaban J connectivity index is 1.27. The molecule has 4 saturated carbocycles. The molecule has 2 aliphatic heterocycles.